The quantitative estimate of drug-likeness (QED) is 0.842. The Balaban J connectivity index is 2.15. The van der Waals surface area contributed by atoms with E-state index in [2.05, 4.69) is 32.2 Å². The van der Waals surface area contributed by atoms with Crippen LogP contribution in [0.2, 0.25) is 0 Å². The SMILES string of the molecule is CO[C@]1(C(=O)Nc2ccc(OCC(C)C)cc2C#N)CCC[C@H](C)C1. The maximum atomic E-state index is 12.9. The van der Waals surface area contributed by atoms with Gasteiger partial charge in [0.05, 0.1) is 17.9 Å². The average molecular weight is 344 g/mol. The van der Waals surface area contributed by atoms with Crippen LogP contribution >= 0.6 is 0 Å². The highest BCUT2D eigenvalue weighted by Gasteiger charge is 2.42. The van der Waals surface area contributed by atoms with Crippen molar-refractivity contribution in [3.05, 3.63) is 23.8 Å². The van der Waals surface area contributed by atoms with Crippen LogP contribution in [0, 0.1) is 23.2 Å². The minimum atomic E-state index is -0.808. The van der Waals surface area contributed by atoms with Gasteiger partial charge < -0.3 is 14.8 Å². The fraction of sp³-hybridized carbons (Fsp3) is 0.600. The maximum Gasteiger partial charge on any atom is 0.256 e. The molecule has 0 aliphatic heterocycles. The van der Waals surface area contributed by atoms with Crippen LogP contribution in [0.15, 0.2) is 18.2 Å². The zero-order chi connectivity index (χ0) is 18.4. The molecule has 2 atom stereocenters. The van der Waals surface area contributed by atoms with Crippen molar-refractivity contribution in [1.29, 1.82) is 5.26 Å². The van der Waals surface area contributed by atoms with Gasteiger partial charge in [0.1, 0.15) is 17.4 Å². The molecule has 1 aromatic carbocycles. The predicted molar refractivity (Wildman–Crippen MR) is 97.5 cm³/mol. The number of benzene rings is 1. The van der Waals surface area contributed by atoms with Crippen molar-refractivity contribution < 1.29 is 14.3 Å². The van der Waals surface area contributed by atoms with E-state index in [1.807, 2.05) is 0 Å². The first-order valence-electron chi connectivity index (χ1n) is 8.93. The third-order valence-corrected chi connectivity index (χ3v) is 4.70. The number of methoxy groups -OCH3 is 1. The number of hydrogen-bond donors (Lipinski definition) is 1. The molecule has 1 saturated carbocycles. The Labute approximate surface area is 150 Å². The molecule has 5 heteroatoms. The number of nitrogens with zero attached hydrogens (tertiary/aromatic N) is 1. The lowest BCUT2D eigenvalue weighted by atomic mass is 9.78. The van der Waals surface area contributed by atoms with E-state index < -0.39 is 5.60 Å². The minimum absolute atomic E-state index is 0.172. The highest BCUT2D eigenvalue weighted by atomic mass is 16.5. The summed E-state index contributed by atoms with van der Waals surface area (Å²) in [6.07, 6.45) is 3.49. The molecule has 0 unspecified atom stereocenters. The summed E-state index contributed by atoms with van der Waals surface area (Å²) in [5.41, 5.74) is 0.0840. The van der Waals surface area contributed by atoms with Crippen molar-refractivity contribution in [2.75, 3.05) is 19.0 Å². The minimum Gasteiger partial charge on any atom is -0.493 e. The standard InChI is InChI=1S/C20H28N2O3/c1-14(2)13-25-17-7-8-18(16(10-17)12-21)22-19(23)20(24-4)9-5-6-15(3)11-20/h7-8,10,14-15H,5-6,9,11,13H2,1-4H3,(H,22,23)/t15-,20+/m0/s1. The molecule has 2 rings (SSSR count). The number of carbonyl (C=O) groups excluding carboxylic acids is 1. The van der Waals surface area contributed by atoms with E-state index in [4.69, 9.17) is 9.47 Å². The van der Waals surface area contributed by atoms with Gasteiger partial charge in [0.15, 0.2) is 0 Å². The number of rotatable bonds is 6. The molecule has 25 heavy (non-hydrogen) atoms. The molecule has 0 radical (unpaired) electrons. The van der Waals surface area contributed by atoms with Crippen LogP contribution in [0.5, 0.6) is 5.75 Å². The lowest BCUT2D eigenvalue weighted by Gasteiger charge is -2.37. The first-order chi connectivity index (χ1) is 11.9. The smallest absolute Gasteiger partial charge is 0.256 e. The van der Waals surface area contributed by atoms with E-state index in [-0.39, 0.29) is 5.91 Å². The van der Waals surface area contributed by atoms with E-state index in [9.17, 15) is 10.1 Å². The van der Waals surface area contributed by atoms with Crippen molar-refractivity contribution in [3.63, 3.8) is 0 Å². The summed E-state index contributed by atoms with van der Waals surface area (Å²) < 4.78 is 11.3. The Morgan fingerprint density at radius 2 is 2.24 bits per heavy atom. The van der Waals surface area contributed by atoms with Crippen molar-refractivity contribution in [2.45, 2.75) is 52.1 Å². The summed E-state index contributed by atoms with van der Waals surface area (Å²) in [5.74, 6) is 1.31. The predicted octanol–water partition coefficient (Wildman–Crippen LogP) is 4.13. The van der Waals surface area contributed by atoms with E-state index in [0.29, 0.717) is 48.3 Å². The van der Waals surface area contributed by atoms with E-state index in [1.165, 1.54) is 0 Å². The molecule has 136 valence electrons. The Morgan fingerprint density at radius 3 is 2.84 bits per heavy atom. The molecule has 5 nitrogen and oxygen atoms in total. The molecule has 1 fully saturated rings. The van der Waals surface area contributed by atoms with Gasteiger partial charge in [-0.15, -0.1) is 0 Å². The van der Waals surface area contributed by atoms with Gasteiger partial charge in [0.25, 0.3) is 5.91 Å². The van der Waals surface area contributed by atoms with Crippen molar-refractivity contribution in [2.24, 2.45) is 11.8 Å². The Bertz CT molecular complexity index is 651. The number of ether oxygens (including phenoxy) is 2. The molecular formula is C20H28N2O3. The van der Waals surface area contributed by atoms with Gasteiger partial charge in [-0.25, -0.2) is 0 Å². The highest BCUT2D eigenvalue weighted by molar-refractivity contribution is 5.98. The first-order valence-corrected chi connectivity index (χ1v) is 8.93. The molecular weight excluding hydrogens is 316 g/mol. The second kappa shape index (κ2) is 8.35. The molecule has 1 aliphatic carbocycles. The number of amides is 1. The molecule has 1 N–H and O–H groups in total. The third-order valence-electron chi connectivity index (χ3n) is 4.70. The number of hydrogen-bond acceptors (Lipinski definition) is 4. The van der Waals surface area contributed by atoms with Gasteiger partial charge in [-0.1, -0.05) is 27.2 Å². The summed E-state index contributed by atoms with van der Waals surface area (Å²) in [4.78, 5) is 12.9. The van der Waals surface area contributed by atoms with E-state index >= 15 is 0 Å². The largest absolute Gasteiger partial charge is 0.493 e. The fourth-order valence-corrected chi connectivity index (χ4v) is 3.30. The topological polar surface area (TPSA) is 71.3 Å². The Kier molecular flexibility index (Phi) is 6.44. The van der Waals surface area contributed by atoms with E-state index in [0.717, 1.165) is 12.8 Å². The van der Waals surface area contributed by atoms with Crippen LogP contribution in [-0.4, -0.2) is 25.2 Å². The summed E-state index contributed by atoms with van der Waals surface area (Å²) in [6.45, 7) is 6.85. The molecule has 1 aromatic rings. The summed E-state index contributed by atoms with van der Waals surface area (Å²) in [5, 5.41) is 12.3. The van der Waals surface area contributed by atoms with Crippen LogP contribution in [0.4, 0.5) is 5.69 Å². The molecule has 0 spiro atoms. The van der Waals surface area contributed by atoms with Crippen LogP contribution in [0.3, 0.4) is 0 Å². The molecule has 0 bridgehead atoms. The molecule has 0 aromatic heterocycles. The second-order valence-electron chi connectivity index (χ2n) is 7.38. The van der Waals surface area contributed by atoms with Crippen LogP contribution in [-0.2, 0) is 9.53 Å². The lowest BCUT2D eigenvalue weighted by Crippen LogP contribution is -2.48. The number of carbonyl (C=O) groups is 1. The van der Waals surface area contributed by atoms with Crippen molar-refractivity contribution >= 4 is 11.6 Å². The van der Waals surface area contributed by atoms with Crippen molar-refractivity contribution in [1.82, 2.24) is 0 Å². The van der Waals surface area contributed by atoms with Gasteiger partial charge in [-0.3, -0.25) is 4.79 Å². The van der Waals surface area contributed by atoms with E-state index in [1.54, 1.807) is 25.3 Å². The fourth-order valence-electron chi connectivity index (χ4n) is 3.30. The van der Waals surface area contributed by atoms with Crippen LogP contribution in [0.1, 0.15) is 52.0 Å². The zero-order valence-corrected chi connectivity index (χ0v) is 15.6. The summed E-state index contributed by atoms with van der Waals surface area (Å²) in [6, 6.07) is 7.31. The Hall–Kier alpha value is -2.06. The van der Waals surface area contributed by atoms with Crippen LogP contribution < -0.4 is 10.1 Å². The number of anilines is 1. The number of nitrogens with one attached hydrogen (secondary N) is 1. The maximum absolute atomic E-state index is 12.9. The van der Waals surface area contributed by atoms with Gasteiger partial charge in [-0.2, -0.15) is 5.26 Å². The zero-order valence-electron chi connectivity index (χ0n) is 15.6. The molecule has 1 amide bonds. The first kappa shape index (κ1) is 19.3. The van der Waals surface area contributed by atoms with Crippen molar-refractivity contribution in [3.8, 4) is 11.8 Å². The number of nitriles is 1. The molecule has 0 saturated heterocycles. The van der Waals surface area contributed by atoms with Gasteiger partial charge >= 0.3 is 0 Å². The van der Waals surface area contributed by atoms with Gasteiger partial charge in [-0.05, 0) is 49.3 Å². The van der Waals surface area contributed by atoms with Gasteiger partial charge in [0, 0.05) is 7.11 Å². The lowest BCUT2D eigenvalue weighted by molar-refractivity contribution is -0.143. The summed E-state index contributed by atoms with van der Waals surface area (Å²) >= 11 is 0. The monoisotopic (exact) mass is 344 g/mol. The average Bonchev–Trinajstić information content (AvgIpc) is 2.60. The molecule has 1 aliphatic rings. The second-order valence-corrected chi connectivity index (χ2v) is 7.38. The third kappa shape index (κ3) is 4.73. The van der Waals surface area contributed by atoms with Crippen LogP contribution in [0.25, 0.3) is 0 Å². The Morgan fingerprint density at radius 1 is 1.48 bits per heavy atom. The van der Waals surface area contributed by atoms with Gasteiger partial charge in [0.2, 0.25) is 0 Å². The molecule has 0 heterocycles. The highest BCUT2D eigenvalue weighted by Crippen LogP contribution is 2.36. The summed E-state index contributed by atoms with van der Waals surface area (Å²) in [7, 11) is 1.59. The normalized spacial score (nSPS) is 23.1.